The fraction of sp³-hybridized carbons (Fsp3) is 0.611. The minimum absolute atomic E-state index is 0.0819. The predicted octanol–water partition coefficient (Wildman–Crippen LogP) is 12.0. The summed E-state index contributed by atoms with van der Waals surface area (Å²) in [6.07, 6.45) is 14.4. The predicted molar refractivity (Wildman–Crippen MR) is 157 cm³/mol. The summed E-state index contributed by atoms with van der Waals surface area (Å²) in [5.74, 6) is 1.31. The molecule has 0 N–H and O–H groups in total. The Morgan fingerprint density at radius 3 is 1.90 bits per heavy atom. The van der Waals surface area contributed by atoms with E-state index in [1.807, 2.05) is 6.07 Å². The molecule has 5 heteroatoms. The Morgan fingerprint density at radius 1 is 0.707 bits per heavy atom. The van der Waals surface area contributed by atoms with Gasteiger partial charge in [-0.2, -0.15) is 13.2 Å². The molecule has 2 saturated carbocycles. The summed E-state index contributed by atoms with van der Waals surface area (Å²) in [6.45, 7) is 2.25. The van der Waals surface area contributed by atoms with Crippen LogP contribution in [0, 0.1) is 29.4 Å². The van der Waals surface area contributed by atoms with Gasteiger partial charge in [-0.15, -0.1) is 0 Å². The van der Waals surface area contributed by atoms with Crippen molar-refractivity contribution in [3.8, 4) is 0 Å². The van der Waals surface area contributed by atoms with Crippen LogP contribution in [0.15, 0.2) is 42.5 Å². The van der Waals surface area contributed by atoms with Crippen LogP contribution in [0.2, 0.25) is 0 Å². The average molecular weight is 573 g/mol. The third-order valence-electron chi connectivity index (χ3n) is 10.5. The molecule has 3 aliphatic carbocycles. The van der Waals surface area contributed by atoms with Gasteiger partial charge in [0, 0.05) is 5.56 Å². The Labute approximate surface area is 242 Å². The van der Waals surface area contributed by atoms with E-state index in [1.165, 1.54) is 57.4 Å². The maximum absolute atomic E-state index is 15.3. The zero-order chi connectivity index (χ0) is 29.0. The third-order valence-corrected chi connectivity index (χ3v) is 10.5. The Bertz CT molecular complexity index is 1180. The molecule has 5 rings (SSSR count). The molecule has 41 heavy (non-hydrogen) atoms. The van der Waals surface area contributed by atoms with Crippen molar-refractivity contribution in [3.63, 3.8) is 0 Å². The zero-order valence-electron chi connectivity index (χ0n) is 24.4. The highest BCUT2D eigenvalue weighted by Crippen LogP contribution is 2.45. The van der Waals surface area contributed by atoms with Crippen molar-refractivity contribution in [2.45, 2.75) is 121 Å². The number of unbranched alkanes of at least 4 members (excludes halogenated alkanes) is 2. The quantitative estimate of drug-likeness (QED) is 0.218. The molecule has 0 heterocycles. The summed E-state index contributed by atoms with van der Waals surface area (Å²) < 4.78 is 68.2. The Morgan fingerprint density at radius 2 is 1.34 bits per heavy atom. The molecule has 0 aliphatic heterocycles. The third kappa shape index (κ3) is 7.43. The minimum atomic E-state index is -4.66. The molecule has 3 aliphatic rings. The molecule has 0 saturated heterocycles. The van der Waals surface area contributed by atoms with E-state index in [1.54, 1.807) is 6.07 Å². The van der Waals surface area contributed by atoms with Gasteiger partial charge in [-0.1, -0.05) is 56.9 Å². The summed E-state index contributed by atoms with van der Waals surface area (Å²) in [6, 6.07) is 9.40. The van der Waals surface area contributed by atoms with Crippen molar-refractivity contribution in [2.24, 2.45) is 17.8 Å². The largest absolute Gasteiger partial charge is 0.419 e. The molecule has 1 unspecified atom stereocenters. The number of rotatable bonds is 8. The zero-order valence-corrected chi connectivity index (χ0v) is 24.4. The number of alkyl halides is 3. The number of hydrogen-bond donors (Lipinski definition) is 0. The van der Waals surface area contributed by atoms with Gasteiger partial charge in [0.25, 0.3) is 0 Å². The summed E-state index contributed by atoms with van der Waals surface area (Å²) in [7, 11) is 0. The lowest BCUT2D eigenvalue weighted by Gasteiger charge is -2.36. The van der Waals surface area contributed by atoms with Gasteiger partial charge < -0.3 is 0 Å². The van der Waals surface area contributed by atoms with Crippen LogP contribution in [0.3, 0.4) is 0 Å². The van der Waals surface area contributed by atoms with Crippen molar-refractivity contribution < 1.29 is 22.0 Å². The normalized spacial score (nSPS) is 27.5. The van der Waals surface area contributed by atoms with Crippen LogP contribution in [0.1, 0.15) is 137 Å². The Kier molecular flexibility index (Phi) is 9.92. The summed E-state index contributed by atoms with van der Waals surface area (Å²) in [4.78, 5) is 0. The van der Waals surface area contributed by atoms with Crippen molar-refractivity contribution in [2.75, 3.05) is 0 Å². The van der Waals surface area contributed by atoms with E-state index < -0.39 is 17.6 Å². The number of benzene rings is 2. The second-order valence-electron chi connectivity index (χ2n) is 13.1. The van der Waals surface area contributed by atoms with Crippen molar-refractivity contribution in [1.82, 2.24) is 0 Å². The number of allylic oxidation sites excluding steroid dienone is 2. The molecule has 2 fully saturated rings. The topological polar surface area (TPSA) is 0 Å². The molecule has 1 atom stereocenters. The molecule has 2 aromatic rings. The van der Waals surface area contributed by atoms with Crippen LogP contribution in [0.4, 0.5) is 22.0 Å². The molecular weight excluding hydrogens is 527 g/mol. The fourth-order valence-corrected chi connectivity index (χ4v) is 7.98. The van der Waals surface area contributed by atoms with E-state index >= 15 is 4.39 Å². The smallest absolute Gasteiger partial charge is 0.206 e. The van der Waals surface area contributed by atoms with E-state index in [2.05, 4.69) is 19.1 Å². The van der Waals surface area contributed by atoms with E-state index in [4.69, 9.17) is 0 Å². The van der Waals surface area contributed by atoms with Crippen LogP contribution in [0.5, 0.6) is 0 Å². The van der Waals surface area contributed by atoms with Gasteiger partial charge in [0.1, 0.15) is 11.6 Å². The lowest BCUT2D eigenvalue weighted by molar-refractivity contribution is -0.140. The summed E-state index contributed by atoms with van der Waals surface area (Å²) >= 11 is 0. The minimum Gasteiger partial charge on any atom is -0.206 e. The second-order valence-corrected chi connectivity index (χ2v) is 13.1. The monoisotopic (exact) mass is 572 g/mol. The van der Waals surface area contributed by atoms with E-state index in [-0.39, 0.29) is 11.7 Å². The maximum atomic E-state index is 15.3. The highest BCUT2D eigenvalue weighted by Gasteiger charge is 2.35. The first-order valence-electron chi connectivity index (χ1n) is 16.1. The summed E-state index contributed by atoms with van der Waals surface area (Å²) in [5.41, 5.74) is 2.54. The Balaban J connectivity index is 1.12. The van der Waals surface area contributed by atoms with E-state index in [0.29, 0.717) is 23.3 Å². The van der Waals surface area contributed by atoms with Crippen molar-refractivity contribution in [3.05, 3.63) is 76.4 Å². The first-order valence-corrected chi connectivity index (χ1v) is 16.1. The maximum Gasteiger partial charge on any atom is 0.419 e. The van der Waals surface area contributed by atoms with Crippen molar-refractivity contribution >= 4 is 5.57 Å². The van der Waals surface area contributed by atoms with Crippen LogP contribution < -0.4 is 0 Å². The first-order chi connectivity index (χ1) is 19.7. The molecule has 0 nitrogen and oxygen atoms in total. The van der Waals surface area contributed by atoms with Gasteiger partial charge in [0.05, 0.1) is 5.56 Å². The van der Waals surface area contributed by atoms with Crippen molar-refractivity contribution in [1.29, 1.82) is 0 Å². The number of hydrogen-bond acceptors (Lipinski definition) is 0. The first kappa shape index (κ1) is 30.3. The standard InChI is InChI=1S/C36H45F5/c1-2-3-4-5-24-6-8-27(9-7-24)30-18-20-32(34(37)22-30)29-16-14-26(15-17-29)25-10-12-28(13-11-25)31-19-21-33(35(38)23-31)36(39,40)41/h16,18-28H,2-15,17H2,1H3. The summed E-state index contributed by atoms with van der Waals surface area (Å²) in [5, 5.41) is 0. The molecule has 2 aromatic carbocycles. The van der Waals surface area contributed by atoms with Crippen LogP contribution >= 0.6 is 0 Å². The van der Waals surface area contributed by atoms with Gasteiger partial charge >= 0.3 is 6.18 Å². The van der Waals surface area contributed by atoms with Gasteiger partial charge in [-0.25, -0.2) is 8.78 Å². The molecule has 0 bridgehead atoms. The lowest BCUT2D eigenvalue weighted by atomic mass is 9.70. The molecular formula is C36H45F5. The van der Waals surface area contributed by atoms with E-state index in [0.717, 1.165) is 79.7 Å². The molecule has 224 valence electrons. The van der Waals surface area contributed by atoms with Gasteiger partial charge in [-0.3, -0.25) is 0 Å². The van der Waals surface area contributed by atoms with Gasteiger partial charge in [0.2, 0.25) is 0 Å². The average Bonchev–Trinajstić information content (AvgIpc) is 2.97. The SMILES string of the molecule is CCCCCC1CCC(c2ccc(C3=CCC(C4CCC(c5ccc(C(F)(F)F)c(F)c5)CC4)CC3)c(F)c2)CC1. The van der Waals surface area contributed by atoms with Gasteiger partial charge in [0.15, 0.2) is 0 Å². The molecule has 0 spiro atoms. The molecule has 0 aromatic heterocycles. The lowest BCUT2D eigenvalue weighted by Crippen LogP contribution is -2.22. The highest BCUT2D eigenvalue weighted by molar-refractivity contribution is 5.67. The van der Waals surface area contributed by atoms with Crippen LogP contribution in [-0.4, -0.2) is 0 Å². The molecule has 0 radical (unpaired) electrons. The fourth-order valence-electron chi connectivity index (χ4n) is 7.98. The second kappa shape index (κ2) is 13.4. The van der Waals surface area contributed by atoms with Crippen LogP contribution in [0.25, 0.3) is 5.57 Å². The van der Waals surface area contributed by atoms with Crippen LogP contribution in [-0.2, 0) is 6.18 Å². The Hall–Kier alpha value is -2.17. The number of halogens is 5. The van der Waals surface area contributed by atoms with Gasteiger partial charge in [-0.05, 0) is 135 Å². The highest BCUT2D eigenvalue weighted by atomic mass is 19.4. The molecule has 0 amide bonds. The van der Waals surface area contributed by atoms with E-state index in [9.17, 15) is 17.6 Å².